The summed E-state index contributed by atoms with van der Waals surface area (Å²) in [5, 5.41) is 8.47. The number of halogens is 3. The van der Waals surface area contributed by atoms with E-state index in [1.54, 1.807) is 20.8 Å². The molecule has 1 aliphatic carbocycles. The molecule has 1 saturated carbocycles. The molecule has 44 heavy (non-hydrogen) atoms. The van der Waals surface area contributed by atoms with Gasteiger partial charge < -0.3 is 20.3 Å². The number of aryl methyl sites for hydroxylation is 2. The van der Waals surface area contributed by atoms with Crippen LogP contribution in [0.2, 0.25) is 0 Å². The van der Waals surface area contributed by atoms with Gasteiger partial charge in [-0.05, 0) is 80.6 Å². The molecule has 0 spiro atoms. The van der Waals surface area contributed by atoms with Crippen LogP contribution < -0.4 is 5.73 Å². The fourth-order valence-electron chi connectivity index (χ4n) is 6.07. The van der Waals surface area contributed by atoms with Crippen molar-refractivity contribution in [3.63, 3.8) is 0 Å². The van der Waals surface area contributed by atoms with Crippen molar-refractivity contribution < 1.29 is 23.1 Å². The second-order valence-electron chi connectivity index (χ2n) is 13.0. The largest absolute Gasteiger partial charge is 0.444 e. The van der Waals surface area contributed by atoms with Crippen LogP contribution >= 0.6 is 15.9 Å². The standard InChI is InChI=1S/C32H39BrF2N6O3/c1-19-11-12-21(20(2)13-19)15-40(22-9-7-6-8-10-22)29(42)32(17-39(18-32)30(43)44-31(3,4)5)41-16-25(37-38-41)23-14-24(34)26(33)27(35)28(23)36/h11-14,16,22H,6-10,15,17-18,36H2,1-5H3. The Bertz CT molecular complexity index is 1570. The Balaban J connectivity index is 1.55. The van der Waals surface area contributed by atoms with E-state index >= 15 is 0 Å². The van der Waals surface area contributed by atoms with Gasteiger partial charge in [0.2, 0.25) is 0 Å². The van der Waals surface area contributed by atoms with Gasteiger partial charge in [-0.2, -0.15) is 0 Å². The molecule has 9 nitrogen and oxygen atoms in total. The number of nitrogens with two attached hydrogens (primary N) is 1. The number of likely N-dealkylation sites (tertiary alicyclic amines) is 1. The molecule has 5 rings (SSSR count). The van der Waals surface area contributed by atoms with E-state index in [9.17, 15) is 18.4 Å². The molecule has 2 heterocycles. The summed E-state index contributed by atoms with van der Waals surface area (Å²) >= 11 is 2.87. The summed E-state index contributed by atoms with van der Waals surface area (Å²) < 4.78 is 35.8. The number of rotatable bonds is 6. The number of nitrogen functional groups attached to an aromatic ring is 1. The van der Waals surface area contributed by atoms with E-state index in [4.69, 9.17) is 10.5 Å². The Morgan fingerprint density at radius 2 is 1.82 bits per heavy atom. The minimum absolute atomic E-state index is 0.00180. The number of carbonyl (C=O) groups excluding carboxylic acids is 2. The molecule has 0 atom stereocenters. The normalized spacial score (nSPS) is 16.9. The van der Waals surface area contributed by atoms with Crippen molar-refractivity contribution in [3.8, 4) is 11.3 Å². The zero-order valence-electron chi connectivity index (χ0n) is 25.8. The highest BCUT2D eigenvalue weighted by molar-refractivity contribution is 9.10. The smallest absolute Gasteiger partial charge is 0.410 e. The molecular weight excluding hydrogens is 634 g/mol. The van der Waals surface area contributed by atoms with Gasteiger partial charge in [-0.1, -0.05) is 48.2 Å². The number of ether oxygens (including phenoxy) is 1. The first-order valence-electron chi connectivity index (χ1n) is 14.9. The van der Waals surface area contributed by atoms with Gasteiger partial charge in [-0.25, -0.2) is 18.3 Å². The summed E-state index contributed by atoms with van der Waals surface area (Å²) in [4.78, 5) is 31.3. The highest BCUT2D eigenvalue weighted by Crippen LogP contribution is 2.38. The summed E-state index contributed by atoms with van der Waals surface area (Å²) in [6.07, 6.45) is 5.84. The van der Waals surface area contributed by atoms with Crippen LogP contribution in [0.5, 0.6) is 0 Å². The van der Waals surface area contributed by atoms with Crippen LogP contribution in [0.25, 0.3) is 11.3 Å². The first-order chi connectivity index (χ1) is 20.7. The number of aromatic nitrogens is 3. The number of benzene rings is 2. The summed E-state index contributed by atoms with van der Waals surface area (Å²) in [6, 6.07) is 7.29. The van der Waals surface area contributed by atoms with Crippen molar-refractivity contribution in [1.29, 1.82) is 0 Å². The van der Waals surface area contributed by atoms with Gasteiger partial charge in [0.05, 0.1) is 29.4 Å². The van der Waals surface area contributed by atoms with Crippen molar-refractivity contribution in [1.82, 2.24) is 24.8 Å². The lowest BCUT2D eigenvalue weighted by Crippen LogP contribution is -2.71. The summed E-state index contributed by atoms with van der Waals surface area (Å²) in [6.45, 7) is 9.82. The van der Waals surface area contributed by atoms with Crippen LogP contribution in [0.4, 0.5) is 19.3 Å². The molecule has 1 saturated heterocycles. The van der Waals surface area contributed by atoms with Crippen molar-refractivity contribution >= 4 is 33.6 Å². The molecule has 2 amide bonds. The number of carbonyl (C=O) groups is 2. The van der Waals surface area contributed by atoms with E-state index in [0.29, 0.717) is 6.54 Å². The third-order valence-electron chi connectivity index (χ3n) is 8.48. The Labute approximate surface area is 264 Å². The monoisotopic (exact) mass is 672 g/mol. The quantitative estimate of drug-likeness (QED) is 0.237. The second kappa shape index (κ2) is 12.1. The Hall–Kier alpha value is -3.54. The highest BCUT2D eigenvalue weighted by Gasteiger charge is 2.57. The van der Waals surface area contributed by atoms with Crippen LogP contribution in [-0.2, 0) is 21.6 Å². The van der Waals surface area contributed by atoms with Crippen LogP contribution in [0.1, 0.15) is 69.6 Å². The molecule has 2 aromatic carbocycles. The van der Waals surface area contributed by atoms with Crippen LogP contribution in [0.3, 0.4) is 0 Å². The van der Waals surface area contributed by atoms with E-state index < -0.39 is 28.9 Å². The molecule has 3 aromatic rings. The van der Waals surface area contributed by atoms with Gasteiger partial charge in [0.1, 0.15) is 17.1 Å². The van der Waals surface area contributed by atoms with Crippen molar-refractivity contribution in [2.75, 3.05) is 18.8 Å². The Morgan fingerprint density at radius 1 is 1.14 bits per heavy atom. The molecule has 2 N–H and O–H groups in total. The predicted octanol–water partition coefficient (Wildman–Crippen LogP) is 6.49. The average molecular weight is 674 g/mol. The maximum atomic E-state index is 14.9. The van der Waals surface area contributed by atoms with Gasteiger partial charge in [-0.15, -0.1) is 5.10 Å². The first-order valence-corrected chi connectivity index (χ1v) is 15.7. The second-order valence-corrected chi connectivity index (χ2v) is 13.8. The van der Waals surface area contributed by atoms with Gasteiger partial charge in [-0.3, -0.25) is 4.79 Å². The molecular formula is C32H39BrF2N6O3. The number of nitrogens with zero attached hydrogens (tertiary/aromatic N) is 5. The van der Waals surface area contributed by atoms with Gasteiger partial charge in [0, 0.05) is 18.2 Å². The van der Waals surface area contributed by atoms with Crippen molar-refractivity contribution in [2.45, 2.75) is 90.4 Å². The Morgan fingerprint density at radius 3 is 2.45 bits per heavy atom. The predicted molar refractivity (Wildman–Crippen MR) is 167 cm³/mol. The fraction of sp³-hybridized carbons (Fsp3) is 0.500. The summed E-state index contributed by atoms with van der Waals surface area (Å²) in [5.41, 5.74) is 7.06. The zero-order valence-corrected chi connectivity index (χ0v) is 27.4. The topological polar surface area (TPSA) is 107 Å². The van der Waals surface area contributed by atoms with E-state index in [-0.39, 0.29) is 46.5 Å². The molecule has 12 heteroatoms. The van der Waals surface area contributed by atoms with E-state index in [0.717, 1.165) is 54.9 Å². The van der Waals surface area contributed by atoms with Gasteiger partial charge in [0.25, 0.3) is 5.91 Å². The Kier molecular flexibility index (Phi) is 8.76. The van der Waals surface area contributed by atoms with E-state index in [2.05, 4.69) is 38.4 Å². The number of anilines is 1. The minimum Gasteiger partial charge on any atom is -0.444 e. The molecule has 1 aromatic heterocycles. The van der Waals surface area contributed by atoms with E-state index in [1.165, 1.54) is 15.8 Å². The number of amides is 2. The fourth-order valence-corrected chi connectivity index (χ4v) is 6.40. The van der Waals surface area contributed by atoms with Crippen LogP contribution in [-0.4, -0.2) is 61.5 Å². The third kappa shape index (κ3) is 6.18. The summed E-state index contributed by atoms with van der Waals surface area (Å²) in [7, 11) is 0. The first kappa shape index (κ1) is 31.9. The maximum absolute atomic E-state index is 14.9. The molecule has 0 unspecified atom stereocenters. The third-order valence-corrected chi connectivity index (χ3v) is 9.20. The molecule has 0 bridgehead atoms. The molecule has 2 aliphatic rings. The van der Waals surface area contributed by atoms with Crippen molar-refractivity contribution in [3.05, 3.63) is 63.3 Å². The number of hydrogen-bond donors (Lipinski definition) is 1. The van der Waals surface area contributed by atoms with Gasteiger partial charge >= 0.3 is 6.09 Å². The van der Waals surface area contributed by atoms with Crippen LogP contribution in [0, 0.1) is 25.5 Å². The zero-order chi connectivity index (χ0) is 32.0. The summed E-state index contributed by atoms with van der Waals surface area (Å²) in [5.74, 6) is -1.98. The van der Waals surface area contributed by atoms with Crippen molar-refractivity contribution in [2.24, 2.45) is 0 Å². The molecule has 0 radical (unpaired) electrons. The lowest BCUT2D eigenvalue weighted by atomic mass is 9.85. The molecule has 1 aliphatic heterocycles. The van der Waals surface area contributed by atoms with E-state index in [1.807, 2.05) is 24.8 Å². The lowest BCUT2D eigenvalue weighted by molar-refractivity contribution is -0.155. The van der Waals surface area contributed by atoms with Gasteiger partial charge in [0.15, 0.2) is 11.4 Å². The minimum atomic E-state index is -1.31. The highest BCUT2D eigenvalue weighted by atomic mass is 79.9. The lowest BCUT2D eigenvalue weighted by Gasteiger charge is -2.51. The molecule has 2 fully saturated rings. The molecule has 236 valence electrons. The number of hydrogen-bond acceptors (Lipinski definition) is 6. The SMILES string of the molecule is Cc1ccc(CN(C(=O)C2(n3cc(-c4cc(F)c(Br)c(F)c4N)nn3)CN(C(=O)OC(C)(C)C)C2)C2CCCCC2)c(C)c1. The van der Waals surface area contributed by atoms with Crippen LogP contribution in [0.15, 0.2) is 34.9 Å². The maximum Gasteiger partial charge on any atom is 0.410 e. The average Bonchev–Trinajstić information content (AvgIpc) is 3.42.